The van der Waals surface area contributed by atoms with E-state index in [4.69, 9.17) is 20.1 Å². The highest BCUT2D eigenvalue weighted by molar-refractivity contribution is 5.93. The van der Waals surface area contributed by atoms with Gasteiger partial charge in [-0.1, -0.05) is 112 Å². The van der Waals surface area contributed by atoms with Gasteiger partial charge < -0.3 is 15.0 Å². The number of nitrogens with zero attached hydrogens (tertiary/aromatic N) is 6. The van der Waals surface area contributed by atoms with Crippen LogP contribution in [0.15, 0.2) is 121 Å². The predicted molar refractivity (Wildman–Crippen MR) is 205 cm³/mol. The monoisotopic (exact) mass is 691 g/mol. The maximum Gasteiger partial charge on any atom is 0.321 e. The van der Waals surface area contributed by atoms with Crippen molar-refractivity contribution in [1.29, 1.82) is 0 Å². The maximum atomic E-state index is 13.7. The van der Waals surface area contributed by atoms with Crippen molar-refractivity contribution in [2.75, 3.05) is 25.0 Å². The van der Waals surface area contributed by atoms with Gasteiger partial charge in [0.25, 0.3) is 0 Å². The Bertz CT molecular complexity index is 2020. The van der Waals surface area contributed by atoms with E-state index in [1.54, 1.807) is 11.0 Å². The topological polar surface area (TPSA) is 98.1 Å². The lowest BCUT2D eigenvalue weighted by atomic mass is 9.77. The number of anilines is 1. The third-order valence-electron chi connectivity index (χ3n) is 9.65. The minimum Gasteiger partial charge on any atom is -0.478 e. The molecule has 6 aromatic rings. The Morgan fingerprint density at radius 2 is 1.33 bits per heavy atom. The second-order valence-corrected chi connectivity index (χ2v) is 14.2. The summed E-state index contributed by atoms with van der Waals surface area (Å²) in [6.45, 7) is 10.4. The number of hydrogen-bond acceptors (Lipinski definition) is 6. The number of carbonyl (C=O) groups is 1. The average Bonchev–Trinajstić information content (AvgIpc) is 3.67. The number of tetrazole rings is 1. The first-order chi connectivity index (χ1) is 25.3. The van der Waals surface area contributed by atoms with E-state index >= 15 is 0 Å². The van der Waals surface area contributed by atoms with Crippen LogP contribution in [-0.4, -0.2) is 55.8 Å². The van der Waals surface area contributed by atoms with Gasteiger partial charge in [0.15, 0.2) is 5.54 Å². The molecule has 2 aromatic heterocycles. The Kier molecular flexibility index (Phi) is 9.85. The number of rotatable bonds is 9. The normalized spacial score (nSPS) is 13.5. The number of urea groups is 1. The maximum absolute atomic E-state index is 13.7. The van der Waals surface area contributed by atoms with Crippen LogP contribution >= 0.6 is 0 Å². The second-order valence-electron chi connectivity index (χ2n) is 14.2. The molecule has 1 N–H and O–H groups in total. The van der Waals surface area contributed by atoms with Crippen LogP contribution in [0.25, 0.3) is 22.5 Å². The van der Waals surface area contributed by atoms with Gasteiger partial charge in [-0.05, 0) is 88.9 Å². The van der Waals surface area contributed by atoms with Gasteiger partial charge in [-0.25, -0.2) is 9.78 Å². The van der Waals surface area contributed by atoms with E-state index < -0.39 is 5.54 Å². The highest BCUT2D eigenvalue weighted by Gasteiger charge is 2.41. The van der Waals surface area contributed by atoms with Crippen molar-refractivity contribution < 1.29 is 9.53 Å². The van der Waals surface area contributed by atoms with Crippen molar-refractivity contribution in [2.24, 2.45) is 0 Å². The summed E-state index contributed by atoms with van der Waals surface area (Å²) in [5.74, 6) is 0.961. The quantitative estimate of drug-likeness (QED) is 0.152. The zero-order valence-electron chi connectivity index (χ0n) is 30.3. The van der Waals surface area contributed by atoms with Gasteiger partial charge in [0.2, 0.25) is 11.7 Å². The summed E-state index contributed by atoms with van der Waals surface area (Å²) < 4.78 is 6.06. The van der Waals surface area contributed by atoms with Gasteiger partial charge in [0.05, 0.1) is 6.61 Å². The SMILES string of the molecule is CCOc1ncccc1-c1cc(NC(=O)N2CCCCC2)cc(-c2nnn(C(c3ccccc3)(c3ccccc3)c3ccccc3)n2)c1C(C)(C)C. The minimum absolute atomic E-state index is 0.121. The molecule has 0 spiro atoms. The van der Waals surface area contributed by atoms with Gasteiger partial charge in [-0.15, -0.1) is 15.0 Å². The fourth-order valence-electron chi connectivity index (χ4n) is 7.41. The molecule has 9 heteroatoms. The number of amides is 2. The molecule has 3 heterocycles. The molecule has 0 atom stereocenters. The zero-order valence-corrected chi connectivity index (χ0v) is 30.3. The molecule has 7 rings (SSSR count). The number of likely N-dealkylation sites (tertiary alicyclic amines) is 1. The average molecular weight is 692 g/mol. The smallest absolute Gasteiger partial charge is 0.321 e. The van der Waals surface area contributed by atoms with Crippen LogP contribution in [0.3, 0.4) is 0 Å². The summed E-state index contributed by atoms with van der Waals surface area (Å²) in [7, 11) is 0. The highest BCUT2D eigenvalue weighted by atomic mass is 16.5. The van der Waals surface area contributed by atoms with Crippen molar-refractivity contribution in [1.82, 2.24) is 30.1 Å². The molecule has 1 fully saturated rings. The number of pyridine rings is 1. The van der Waals surface area contributed by atoms with E-state index in [1.807, 2.05) is 90.7 Å². The Balaban J connectivity index is 1.48. The summed E-state index contributed by atoms with van der Waals surface area (Å²) in [6.07, 6.45) is 4.87. The number of piperidine rings is 1. The molecule has 0 bridgehead atoms. The van der Waals surface area contributed by atoms with E-state index in [2.05, 4.69) is 67.5 Å². The summed E-state index contributed by atoms with van der Waals surface area (Å²) in [4.78, 5) is 21.9. The standard InChI is InChI=1S/C43H45N7O2/c1-5-52-40-35(25-18-26-44-40)36-29-34(45-41(51)49-27-16-9-17-28-49)30-37(38(36)42(2,3)4)39-46-48-50(47-39)43(31-19-10-6-11-20-31,32-21-12-7-13-22-32)33-23-14-8-15-24-33/h6-8,10-15,18-26,29-30H,5,9,16-17,27-28H2,1-4H3,(H,45,51). The summed E-state index contributed by atoms with van der Waals surface area (Å²) in [6, 6.07) is 38.7. The van der Waals surface area contributed by atoms with Crippen LogP contribution in [0.2, 0.25) is 0 Å². The molecule has 0 saturated carbocycles. The van der Waals surface area contributed by atoms with Gasteiger partial charge in [-0.3, -0.25) is 0 Å². The summed E-state index contributed by atoms with van der Waals surface area (Å²) >= 11 is 0. The summed E-state index contributed by atoms with van der Waals surface area (Å²) in [5.41, 5.74) is 5.74. The molecule has 4 aromatic carbocycles. The first-order valence-electron chi connectivity index (χ1n) is 18.1. The third kappa shape index (κ3) is 6.66. The number of benzene rings is 4. The van der Waals surface area contributed by atoms with E-state index in [-0.39, 0.29) is 11.4 Å². The van der Waals surface area contributed by atoms with Crippen LogP contribution in [-0.2, 0) is 11.0 Å². The minimum atomic E-state index is -0.939. The molecule has 9 nitrogen and oxygen atoms in total. The van der Waals surface area contributed by atoms with Gasteiger partial charge >= 0.3 is 6.03 Å². The van der Waals surface area contributed by atoms with Crippen LogP contribution in [0.5, 0.6) is 5.88 Å². The molecule has 1 aliphatic rings. The van der Waals surface area contributed by atoms with Gasteiger partial charge in [0.1, 0.15) is 0 Å². The molecular weight excluding hydrogens is 647 g/mol. The number of carbonyl (C=O) groups excluding carboxylic acids is 1. The van der Waals surface area contributed by atoms with E-state index in [0.29, 0.717) is 24.0 Å². The van der Waals surface area contributed by atoms with E-state index in [0.717, 1.165) is 71.3 Å². The van der Waals surface area contributed by atoms with E-state index in [1.165, 1.54) is 0 Å². The Morgan fingerprint density at radius 3 is 1.88 bits per heavy atom. The molecule has 52 heavy (non-hydrogen) atoms. The van der Waals surface area contributed by atoms with Gasteiger partial charge in [0, 0.05) is 36.1 Å². The Morgan fingerprint density at radius 1 is 0.750 bits per heavy atom. The Labute approximate surface area is 305 Å². The highest BCUT2D eigenvalue weighted by Crippen LogP contribution is 2.45. The number of ether oxygens (including phenoxy) is 1. The number of hydrogen-bond donors (Lipinski definition) is 1. The molecule has 2 amide bonds. The number of aromatic nitrogens is 5. The second kappa shape index (κ2) is 14.8. The first-order valence-corrected chi connectivity index (χ1v) is 18.1. The van der Waals surface area contributed by atoms with Crippen molar-refractivity contribution in [3.63, 3.8) is 0 Å². The van der Waals surface area contributed by atoms with Crippen molar-refractivity contribution in [3.8, 4) is 28.4 Å². The largest absolute Gasteiger partial charge is 0.478 e. The van der Waals surface area contributed by atoms with Crippen molar-refractivity contribution >= 4 is 11.7 Å². The molecular formula is C43H45N7O2. The molecule has 0 radical (unpaired) electrons. The lowest BCUT2D eigenvalue weighted by molar-refractivity contribution is 0.200. The van der Waals surface area contributed by atoms with Gasteiger partial charge in [-0.2, -0.15) is 0 Å². The fraction of sp³-hybridized carbons (Fsp3) is 0.279. The lowest BCUT2D eigenvalue weighted by Gasteiger charge is -2.34. The third-order valence-corrected chi connectivity index (χ3v) is 9.65. The fourth-order valence-corrected chi connectivity index (χ4v) is 7.41. The molecule has 1 saturated heterocycles. The predicted octanol–water partition coefficient (Wildman–Crippen LogP) is 8.96. The van der Waals surface area contributed by atoms with Crippen LogP contribution in [0.4, 0.5) is 10.5 Å². The molecule has 264 valence electrons. The van der Waals surface area contributed by atoms with Crippen LogP contribution < -0.4 is 10.1 Å². The van der Waals surface area contributed by atoms with Crippen molar-refractivity contribution in [3.05, 3.63) is 144 Å². The lowest BCUT2D eigenvalue weighted by Crippen LogP contribution is -2.39. The van der Waals surface area contributed by atoms with E-state index in [9.17, 15) is 4.79 Å². The molecule has 0 unspecified atom stereocenters. The summed E-state index contributed by atoms with van der Waals surface area (Å²) in [5, 5.41) is 18.2. The molecule has 1 aliphatic heterocycles. The Hall–Kier alpha value is -5.83. The first kappa shape index (κ1) is 34.6. The number of nitrogens with one attached hydrogen (secondary N) is 1. The zero-order chi connectivity index (χ0) is 36.1. The van der Waals surface area contributed by atoms with Crippen LogP contribution in [0, 0.1) is 0 Å². The van der Waals surface area contributed by atoms with Crippen molar-refractivity contribution in [2.45, 2.75) is 57.9 Å². The van der Waals surface area contributed by atoms with Crippen LogP contribution in [0.1, 0.15) is 69.2 Å². The molecule has 0 aliphatic carbocycles.